The van der Waals surface area contributed by atoms with Crippen LogP contribution in [0.1, 0.15) is 42.3 Å². The Morgan fingerprint density at radius 2 is 1.51 bits per heavy atom. The minimum atomic E-state index is -0.548. The van der Waals surface area contributed by atoms with Gasteiger partial charge in [0, 0.05) is 23.4 Å². The van der Waals surface area contributed by atoms with Gasteiger partial charge in [-0.3, -0.25) is 19.7 Å². The number of nitro benzene ring substituents is 1. The molecular formula is C27H27N3O5. The molecule has 8 heteroatoms. The Hall–Kier alpha value is -4.46. The monoisotopic (exact) mass is 473 g/mol. The summed E-state index contributed by atoms with van der Waals surface area (Å²) < 4.78 is 5.13. The fourth-order valence-corrected chi connectivity index (χ4v) is 3.21. The van der Waals surface area contributed by atoms with E-state index in [-0.39, 0.29) is 16.8 Å². The van der Waals surface area contributed by atoms with Crippen LogP contribution < -0.4 is 15.4 Å². The lowest BCUT2D eigenvalue weighted by Crippen LogP contribution is -2.30. The van der Waals surface area contributed by atoms with Crippen molar-refractivity contribution >= 4 is 29.3 Å². The number of methoxy groups -OCH3 is 1. The number of carbonyl (C=O) groups is 2. The molecule has 3 aromatic rings. The molecule has 0 aliphatic heterocycles. The third-order valence-corrected chi connectivity index (χ3v) is 5.27. The number of non-ortho nitro benzene ring substituents is 1. The minimum Gasteiger partial charge on any atom is -0.497 e. The lowest BCUT2D eigenvalue weighted by atomic mass is 9.87. The third-order valence-electron chi connectivity index (χ3n) is 5.27. The van der Waals surface area contributed by atoms with Crippen molar-refractivity contribution in [2.75, 3.05) is 12.4 Å². The van der Waals surface area contributed by atoms with Crippen LogP contribution in [0.25, 0.3) is 6.08 Å². The molecule has 0 radical (unpaired) electrons. The van der Waals surface area contributed by atoms with E-state index < -0.39 is 16.7 Å². The van der Waals surface area contributed by atoms with Gasteiger partial charge in [0.25, 0.3) is 17.5 Å². The lowest BCUT2D eigenvalue weighted by Gasteiger charge is -2.19. The highest BCUT2D eigenvalue weighted by molar-refractivity contribution is 6.10. The normalized spacial score (nSPS) is 11.5. The zero-order valence-electron chi connectivity index (χ0n) is 20.0. The number of carbonyl (C=O) groups excluding carboxylic acids is 2. The zero-order chi connectivity index (χ0) is 25.6. The molecule has 0 aromatic heterocycles. The number of nitro groups is 1. The maximum absolute atomic E-state index is 13.1. The number of anilines is 1. The van der Waals surface area contributed by atoms with Crippen molar-refractivity contribution < 1.29 is 19.2 Å². The standard InChI is InChI=1S/C27H27N3O5/c1-27(2,3)20-9-7-19(8-10-20)25(31)29-24(17-18-5-13-22(14-6-18)30(33)34)26(32)28-21-11-15-23(35-4)16-12-21/h5-17H,1-4H3,(H,28,32)(H,29,31). The Labute approximate surface area is 203 Å². The van der Waals surface area contributed by atoms with E-state index in [0.29, 0.717) is 22.6 Å². The molecule has 0 saturated carbocycles. The van der Waals surface area contributed by atoms with Crippen LogP contribution in [-0.2, 0) is 10.2 Å². The van der Waals surface area contributed by atoms with Gasteiger partial charge in [-0.25, -0.2) is 0 Å². The maximum Gasteiger partial charge on any atom is 0.272 e. The van der Waals surface area contributed by atoms with Crippen LogP contribution >= 0.6 is 0 Å². The Balaban J connectivity index is 1.88. The largest absolute Gasteiger partial charge is 0.497 e. The fourth-order valence-electron chi connectivity index (χ4n) is 3.21. The maximum atomic E-state index is 13.1. The van der Waals surface area contributed by atoms with Gasteiger partial charge in [0.1, 0.15) is 11.4 Å². The summed E-state index contributed by atoms with van der Waals surface area (Å²) in [5, 5.41) is 16.4. The third kappa shape index (κ3) is 6.77. The molecule has 0 bridgehead atoms. The summed E-state index contributed by atoms with van der Waals surface area (Å²) in [7, 11) is 1.54. The number of nitrogens with zero attached hydrogens (tertiary/aromatic N) is 1. The topological polar surface area (TPSA) is 111 Å². The molecule has 0 aliphatic carbocycles. The van der Waals surface area contributed by atoms with Gasteiger partial charge in [-0.1, -0.05) is 32.9 Å². The Bertz CT molecular complexity index is 1240. The number of rotatable bonds is 7. The predicted molar refractivity (Wildman–Crippen MR) is 135 cm³/mol. The van der Waals surface area contributed by atoms with Gasteiger partial charge in [0.15, 0.2) is 0 Å². The molecule has 0 atom stereocenters. The Kier molecular flexibility index (Phi) is 7.66. The molecule has 2 amide bonds. The molecule has 8 nitrogen and oxygen atoms in total. The molecule has 0 aliphatic rings. The summed E-state index contributed by atoms with van der Waals surface area (Å²) in [6.45, 7) is 6.24. The van der Waals surface area contributed by atoms with Crippen LogP contribution in [0.2, 0.25) is 0 Å². The smallest absolute Gasteiger partial charge is 0.272 e. The van der Waals surface area contributed by atoms with Gasteiger partial charge in [-0.2, -0.15) is 0 Å². The van der Waals surface area contributed by atoms with Crippen LogP contribution in [0.5, 0.6) is 5.75 Å². The number of benzene rings is 3. The molecule has 0 heterocycles. The molecule has 35 heavy (non-hydrogen) atoms. The summed E-state index contributed by atoms with van der Waals surface area (Å²) in [6, 6.07) is 19.6. The first-order valence-electron chi connectivity index (χ1n) is 10.9. The van der Waals surface area contributed by atoms with Crippen LogP contribution in [-0.4, -0.2) is 23.8 Å². The first kappa shape index (κ1) is 25.2. The SMILES string of the molecule is COc1ccc(NC(=O)C(=Cc2ccc([N+](=O)[O-])cc2)NC(=O)c2ccc(C(C)(C)C)cc2)cc1. The number of hydrogen-bond acceptors (Lipinski definition) is 5. The first-order chi connectivity index (χ1) is 16.6. The van der Waals surface area contributed by atoms with Gasteiger partial charge < -0.3 is 15.4 Å². The average Bonchev–Trinajstić information content (AvgIpc) is 2.84. The van der Waals surface area contributed by atoms with E-state index in [1.807, 2.05) is 12.1 Å². The van der Waals surface area contributed by atoms with Gasteiger partial charge in [-0.05, 0) is 71.1 Å². The number of amides is 2. The van der Waals surface area contributed by atoms with Crippen LogP contribution in [0, 0.1) is 10.1 Å². The van der Waals surface area contributed by atoms with Gasteiger partial charge >= 0.3 is 0 Å². The average molecular weight is 474 g/mol. The van der Waals surface area contributed by atoms with Crippen molar-refractivity contribution in [2.24, 2.45) is 0 Å². The van der Waals surface area contributed by atoms with Crippen molar-refractivity contribution in [2.45, 2.75) is 26.2 Å². The number of nitrogens with one attached hydrogen (secondary N) is 2. The molecule has 3 aromatic carbocycles. The van der Waals surface area contributed by atoms with E-state index in [9.17, 15) is 19.7 Å². The molecule has 3 rings (SSSR count). The summed E-state index contributed by atoms with van der Waals surface area (Å²) in [6.07, 6.45) is 1.46. The number of ether oxygens (including phenoxy) is 1. The van der Waals surface area contributed by atoms with Crippen molar-refractivity contribution in [3.05, 3.63) is 105 Å². The molecular weight excluding hydrogens is 446 g/mol. The van der Waals surface area contributed by atoms with Crippen molar-refractivity contribution in [3.63, 3.8) is 0 Å². The van der Waals surface area contributed by atoms with E-state index >= 15 is 0 Å². The molecule has 180 valence electrons. The lowest BCUT2D eigenvalue weighted by molar-refractivity contribution is -0.384. The second-order valence-corrected chi connectivity index (χ2v) is 8.87. The molecule has 0 saturated heterocycles. The predicted octanol–water partition coefficient (Wildman–Crippen LogP) is 5.31. The molecule has 0 fully saturated rings. The van der Waals surface area contributed by atoms with Crippen molar-refractivity contribution in [1.82, 2.24) is 5.32 Å². The Morgan fingerprint density at radius 1 is 0.914 bits per heavy atom. The van der Waals surface area contributed by atoms with E-state index in [2.05, 4.69) is 31.4 Å². The summed E-state index contributed by atoms with van der Waals surface area (Å²) in [5.74, 6) is -0.367. The van der Waals surface area contributed by atoms with Crippen LogP contribution in [0.15, 0.2) is 78.5 Å². The second kappa shape index (κ2) is 10.6. The first-order valence-corrected chi connectivity index (χ1v) is 10.9. The van der Waals surface area contributed by atoms with E-state index in [4.69, 9.17) is 4.74 Å². The Morgan fingerprint density at radius 3 is 2.03 bits per heavy atom. The molecule has 0 spiro atoms. The van der Waals surface area contributed by atoms with E-state index in [1.54, 1.807) is 43.5 Å². The van der Waals surface area contributed by atoms with E-state index in [0.717, 1.165) is 5.56 Å². The quantitative estimate of drug-likeness (QED) is 0.274. The van der Waals surface area contributed by atoms with Gasteiger partial charge in [-0.15, -0.1) is 0 Å². The summed E-state index contributed by atoms with van der Waals surface area (Å²) in [5.41, 5.74) is 2.34. The van der Waals surface area contributed by atoms with Crippen LogP contribution in [0.3, 0.4) is 0 Å². The highest BCUT2D eigenvalue weighted by Crippen LogP contribution is 2.22. The minimum absolute atomic E-state index is 0.0143. The second-order valence-electron chi connectivity index (χ2n) is 8.87. The highest BCUT2D eigenvalue weighted by Gasteiger charge is 2.18. The molecule has 2 N–H and O–H groups in total. The van der Waals surface area contributed by atoms with E-state index in [1.165, 1.54) is 30.3 Å². The zero-order valence-corrected chi connectivity index (χ0v) is 20.0. The van der Waals surface area contributed by atoms with Gasteiger partial charge in [0.2, 0.25) is 0 Å². The highest BCUT2D eigenvalue weighted by atomic mass is 16.6. The van der Waals surface area contributed by atoms with Crippen molar-refractivity contribution in [1.29, 1.82) is 0 Å². The van der Waals surface area contributed by atoms with Crippen molar-refractivity contribution in [3.8, 4) is 5.75 Å². The number of hydrogen-bond donors (Lipinski definition) is 2. The summed E-state index contributed by atoms with van der Waals surface area (Å²) >= 11 is 0. The fraction of sp³-hybridized carbons (Fsp3) is 0.185. The van der Waals surface area contributed by atoms with Gasteiger partial charge in [0.05, 0.1) is 12.0 Å². The van der Waals surface area contributed by atoms with Crippen LogP contribution in [0.4, 0.5) is 11.4 Å². The summed E-state index contributed by atoms with van der Waals surface area (Å²) in [4.78, 5) is 36.5. The molecule has 0 unspecified atom stereocenters.